The van der Waals surface area contributed by atoms with Gasteiger partial charge in [0.1, 0.15) is 0 Å². The summed E-state index contributed by atoms with van der Waals surface area (Å²) in [6.07, 6.45) is 3.70. The highest BCUT2D eigenvalue weighted by Crippen LogP contribution is 2.17. The molecule has 116 valence electrons. The molecule has 2 aromatic heterocycles. The van der Waals surface area contributed by atoms with E-state index in [0.717, 1.165) is 24.5 Å². The van der Waals surface area contributed by atoms with Crippen molar-refractivity contribution >= 4 is 0 Å². The van der Waals surface area contributed by atoms with Crippen molar-refractivity contribution in [2.45, 2.75) is 20.0 Å². The second kappa shape index (κ2) is 7.16. The first kappa shape index (κ1) is 15.4. The second-order valence-electron chi connectivity index (χ2n) is 5.93. The quantitative estimate of drug-likeness (QED) is 0.711. The van der Waals surface area contributed by atoms with Crippen LogP contribution < -0.4 is 0 Å². The molecule has 2 heterocycles. The second-order valence-corrected chi connectivity index (χ2v) is 5.93. The predicted molar refractivity (Wildman–Crippen MR) is 93.8 cm³/mol. The van der Waals surface area contributed by atoms with Gasteiger partial charge >= 0.3 is 0 Å². The zero-order chi connectivity index (χ0) is 16.1. The number of rotatable bonds is 5. The van der Waals surface area contributed by atoms with E-state index in [1.54, 1.807) is 0 Å². The highest BCUT2D eigenvalue weighted by Gasteiger charge is 2.05. The van der Waals surface area contributed by atoms with Crippen LogP contribution in [0.4, 0.5) is 0 Å². The Morgan fingerprint density at radius 1 is 0.783 bits per heavy atom. The fourth-order valence-electron chi connectivity index (χ4n) is 2.65. The molecule has 0 aliphatic carbocycles. The smallest absolute Gasteiger partial charge is 0.0889 e. The molecule has 0 saturated heterocycles. The third kappa shape index (κ3) is 4.24. The van der Waals surface area contributed by atoms with Gasteiger partial charge in [-0.3, -0.25) is 14.9 Å². The van der Waals surface area contributed by atoms with Crippen LogP contribution in [0.2, 0.25) is 0 Å². The Morgan fingerprint density at radius 2 is 1.43 bits per heavy atom. The minimum atomic E-state index is 0.885. The van der Waals surface area contributed by atoms with Gasteiger partial charge in [-0.05, 0) is 54.9 Å². The summed E-state index contributed by atoms with van der Waals surface area (Å²) in [5.74, 6) is 0. The molecule has 3 rings (SSSR count). The Kier molecular flexibility index (Phi) is 4.79. The first-order valence-corrected chi connectivity index (χ1v) is 7.81. The average molecular weight is 303 g/mol. The van der Waals surface area contributed by atoms with E-state index in [2.05, 4.69) is 71.3 Å². The highest BCUT2D eigenvalue weighted by molar-refractivity contribution is 5.55. The number of hydrogen-bond acceptors (Lipinski definition) is 3. The van der Waals surface area contributed by atoms with Crippen LogP contribution in [0.3, 0.4) is 0 Å². The van der Waals surface area contributed by atoms with Crippen molar-refractivity contribution in [2.24, 2.45) is 0 Å². The van der Waals surface area contributed by atoms with Crippen molar-refractivity contribution in [1.29, 1.82) is 0 Å². The Labute approximate surface area is 137 Å². The first-order valence-electron chi connectivity index (χ1n) is 7.81. The maximum Gasteiger partial charge on any atom is 0.0889 e. The van der Waals surface area contributed by atoms with Crippen LogP contribution in [0.15, 0.2) is 67.0 Å². The fraction of sp³-hybridized carbons (Fsp3) is 0.200. The summed E-state index contributed by atoms with van der Waals surface area (Å²) in [6.45, 7) is 3.89. The SMILES string of the molecule is Cc1ccnc(-c2cc(CN(C)Cc3ccccc3)ccn2)c1. The van der Waals surface area contributed by atoms with Crippen LogP contribution in [0, 0.1) is 6.92 Å². The summed E-state index contributed by atoms with van der Waals surface area (Å²) < 4.78 is 0. The minimum absolute atomic E-state index is 0.885. The predicted octanol–water partition coefficient (Wildman–Crippen LogP) is 4.08. The van der Waals surface area contributed by atoms with E-state index in [9.17, 15) is 0 Å². The highest BCUT2D eigenvalue weighted by atomic mass is 15.1. The van der Waals surface area contributed by atoms with Gasteiger partial charge in [0.05, 0.1) is 11.4 Å². The van der Waals surface area contributed by atoms with Gasteiger partial charge in [0.25, 0.3) is 0 Å². The normalized spacial score (nSPS) is 10.9. The van der Waals surface area contributed by atoms with Gasteiger partial charge < -0.3 is 0 Å². The Hall–Kier alpha value is -2.52. The molecule has 0 bridgehead atoms. The van der Waals surface area contributed by atoms with E-state index in [0.29, 0.717) is 0 Å². The van der Waals surface area contributed by atoms with Crippen LogP contribution in [0.1, 0.15) is 16.7 Å². The van der Waals surface area contributed by atoms with Crippen LogP contribution in [0.25, 0.3) is 11.4 Å². The lowest BCUT2D eigenvalue weighted by atomic mass is 10.1. The van der Waals surface area contributed by atoms with Gasteiger partial charge in [0, 0.05) is 25.5 Å². The summed E-state index contributed by atoms with van der Waals surface area (Å²) in [5.41, 5.74) is 5.63. The van der Waals surface area contributed by atoms with Gasteiger partial charge in [-0.1, -0.05) is 30.3 Å². The molecule has 0 spiro atoms. The Bertz CT molecular complexity index is 769. The zero-order valence-corrected chi connectivity index (χ0v) is 13.6. The number of pyridine rings is 2. The maximum atomic E-state index is 4.46. The molecule has 0 aliphatic rings. The number of benzene rings is 1. The van der Waals surface area contributed by atoms with E-state index in [1.165, 1.54) is 16.7 Å². The van der Waals surface area contributed by atoms with E-state index in [1.807, 2.05) is 24.5 Å². The van der Waals surface area contributed by atoms with Crippen molar-refractivity contribution in [3.63, 3.8) is 0 Å². The van der Waals surface area contributed by atoms with Crippen molar-refractivity contribution in [3.05, 3.63) is 83.7 Å². The lowest BCUT2D eigenvalue weighted by Crippen LogP contribution is -2.17. The summed E-state index contributed by atoms with van der Waals surface area (Å²) in [4.78, 5) is 11.2. The molecule has 3 aromatic rings. The topological polar surface area (TPSA) is 29.0 Å². The molecule has 0 atom stereocenters. The number of aromatic nitrogens is 2. The molecule has 3 nitrogen and oxygen atoms in total. The largest absolute Gasteiger partial charge is 0.298 e. The summed E-state index contributed by atoms with van der Waals surface area (Å²) in [7, 11) is 2.14. The average Bonchev–Trinajstić information content (AvgIpc) is 2.56. The van der Waals surface area contributed by atoms with Crippen molar-refractivity contribution in [2.75, 3.05) is 7.05 Å². The molecule has 0 radical (unpaired) electrons. The van der Waals surface area contributed by atoms with Gasteiger partial charge in [-0.2, -0.15) is 0 Å². The monoisotopic (exact) mass is 303 g/mol. The molecular formula is C20H21N3. The molecule has 0 aliphatic heterocycles. The van der Waals surface area contributed by atoms with Crippen LogP contribution in [0.5, 0.6) is 0 Å². The molecule has 3 heteroatoms. The lowest BCUT2D eigenvalue weighted by Gasteiger charge is -2.17. The van der Waals surface area contributed by atoms with Crippen LogP contribution >= 0.6 is 0 Å². The molecule has 0 N–H and O–H groups in total. The Morgan fingerprint density at radius 3 is 2.17 bits per heavy atom. The summed E-state index contributed by atoms with van der Waals surface area (Å²) >= 11 is 0. The third-order valence-electron chi connectivity index (χ3n) is 3.75. The minimum Gasteiger partial charge on any atom is -0.298 e. The van der Waals surface area contributed by atoms with E-state index in [4.69, 9.17) is 0 Å². The molecule has 0 fully saturated rings. The first-order chi connectivity index (χ1) is 11.2. The van der Waals surface area contributed by atoms with Crippen molar-refractivity contribution in [3.8, 4) is 11.4 Å². The standard InChI is InChI=1S/C20H21N3/c1-16-8-10-21-19(12-16)20-13-18(9-11-22-20)15-23(2)14-17-6-4-3-5-7-17/h3-13H,14-15H2,1-2H3. The molecule has 0 unspecified atom stereocenters. The molecule has 0 saturated carbocycles. The summed E-state index contributed by atoms with van der Waals surface area (Å²) in [6, 6.07) is 18.8. The van der Waals surface area contributed by atoms with Gasteiger partial charge in [0.2, 0.25) is 0 Å². The van der Waals surface area contributed by atoms with Gasteiger partial charge in [0.15, 0.2) is 0 Å². The van der Waals surface area contributed by atoms with E-state index >= 15 is 0 Å². The lowest BCUT2D eigenvalue weighted by molar-refractivity contribution is 0.319. The molecule has 1 aromatic carbocycles. The number of nitrogens with zero attached hydrogens (tertiary/aromatic N) is 3. The summed E-state index contributed by atoms with van der Waals surface area (Å²) in [5, 5.41) is 0. The van der Waals surface area contributed by atoms with Crippen LogP contribution in [-0.4, -0.2) is 21.9 Å². The van der Waals surface area contributed by atoms with Gasteiger partial charge in [-0.15, -0.1) is 0 Å². The zero-order valence-electron chi connectivity index (χ0n) is 13.6. The van der Waals surface area contributed by atoms with Gasteiger partial charge in [-0.25, -0.2) is 0 Å². The third-order valence-corrected chi connectivity index (χ3v) is 3.75. The fourth-order valence-corrected chi connectivity index (χ4v) is 2.65. The Balaban J connectivity index is 1.72. The van der Waals surface area contributed by atoms with Crippen LogP contribution in [-0.2, 0) is 13.1 Å². The number of aryl methyl sites for hydroxylation is 1. The van der Waals surface area contributed by atoms with E-state index in [-0.39, 0.29) is 0 Å². The van der Waals surface area contributed by atoms with Crippen molar-refractivity contribution < 1.29 is 0 Å². The van der Waals surface area contributed by atoms with E-state index < -0.39 is 0 Å². The molecule has 0 amide bonds. The van der Waals surface area contributed by atoms with Crippen molar-refractivity contribution in [1.82, 2.24) is 14.9 Å². The maximum absolute atomic E-state index is 4.46. The number of hydrogen-bond donors (Lipinski definition) is 0. The molecule has 23 heavy (non-hydrogen) atoms. The molecular weight excluding hydrogens is 282 g/mol.